The Bertz CT molecular complexity index is 427. The van der Waals surface area contributed by atoms with Crippen molar-refractivity contribution in [3.8, 4) is 0 Å². The third-order valence-corrected chi connectivity index (χ3v) is 5.38. The molecule has 112 valence electrons. The smallest absolute Gasteiger partial charge is 0.245 e. The summed E-state index contributed by atoms with van der Waals surface area (Å²) >= 11 is 0. The Kier molecular flexibility index (Phi) is 3.30. The van der Waals surface area contributed by atoms with Crippen LogP contribution < -0.4 is 5.32 Å². The Morgan fingerprint density at radius 1 is 1.15 bits per heavy atom. The fourth-order valence-corrected chi connectivity index (χ4v) is 4.30. The van der Waals surface area contributed by atoms with E-state index in [1.54, 1.807) is 0 Å². The van der Waals surface area contributed by atoms with Crippen LogP contribution in [0.25, 0.3) is 0 Å². The Labute approximate surface area is 121 Å². The average molecular weight is 278 g/mol. The minimum Gasteiger partial charge on any atom is -0.344 e. The third kappa shape index (κ3) is 2.33. The summed E-state index contributed by atoms with van der Waals surface area (Å²) in [4.78, 5) is 26.9. The van der Waals surface area contributed by atoms with E-state index in [1.807, 2.05) is 25.7 Å². The first-order valence-electron chi connectivity index (χ1n) is 7.96. The molecule has 0 radical (unpaired) electrons. The summed E-state index contributed by atoms with van der Waals surface area (Å²) in [7, 11) is 0. The summed E-state index contributed by atoms with van der Waals surface area (Å²) in [6, 6.07) is 0.00965. The van der Waals surface area contributed by atoms with Gasteiger partial charge in [0, 0.05) is 19.0 Å². The standard InChI is InChI=1S/C16H26N2O2/c1-16(2,3)14-15(20)18(7-6-13(19)17-14)12-9-10-4-5-11(12)8-10/h10-12,14H,4-9H2,1-3H3,(H,17,19). The van der Waals surface area contributed by atoms with E-state index in [-0.39, 0.29) is 23.3 Å². The van der Waals surface area contributed by atoms with Crippen molar-refractivity contribution in [2.75, 3.05) is 6.54 Å². The van der Waals surface area contributed by atoms with Gasteiger partial charge >= 0.3 is 0 Å². The quantitative estimate of drug-likeness (QED) is 0.797. The maximum atomic E-state index is 12.9. The minimum atomic E-state index is -0.378. The predicted molar refractivity (Wildman–Crippen MR) is 77.0 cm³/mol. The first kappa shape index (κ1) is 13.9. The van der Waals surface area contributed by atoms with Crippen LogP contribution in [0.15, 0.2) is 0 Å². The molecule has 4 nitrogen and oxygen atoms in total. The normalized spacial score (nSPS) is 38.0. The number of carbonyl (C=O) groups excluding carboxylic acids is 2. The Hall–Kier alpha value is -1.06. The molecule has 0 spiro atoms. The van der Waals surface area contributed by atoms with E-state index < -0.39 is 0 Å². The molecule has 1 heterocycles. The molecule has 4 heteroatoms. The highest BCUT2D eigenvalue weighted by atomic mass is 16.2. The van der Waals surface area contributed by atoms with Crippen molar-refractivity contribution < 1.29 is 9.59 Å². The highest BCUT2D eigenvalue weighted by Gasteiger charge is 2.47. The minimum absolute atomic E-state index is 0.0175. The van der Waals surface area contributed by atoms with Gasteiger partial charge in [-0.1, -0.05) is 27.2 Å². The fraction of sp³-hybridized carbons (Fsp3) is 0.875. The second-order valence-corrected chi connectivity index (χ2v) is 7.89. The lowest BCUT2D eigenvalue weighted by Gasteiger charge is -2.38. The van der Waals surface area contributed by atoms with Crippen molar-refractivity contribution >= 4 is 11.8 Å². The largest absolute Gasteiger partial charge is 0.344 e. The number of rotatable bonds is 1. The van der Waals surface area contributed by atoms with E-state index in [9.17, 15) is 9.59 Å². The van der Waals surface area contributed by atoms with Gasteiger partial charge in [0.05, 0.1) is 0 Å². The molecule has 1 aliphatic heterocycles. The van der Waals surface area contributed by atoms with Crippen molar-refractivity contribution in [3.63, 3.8) is 0 Å². The molecule has 2 aliphatic carbocycles. The van der Waals surface area contributed by atoms with Crippen LogP contribution in [0.5, 0.6) is 0 Å². The van der Waals surface area contributed by atoms with Crippen LogP contribution in [0, 0.1) is 17.3 Å². The molecular weight excluding hydrogens is 252 g/mol. The van der Waals surface area contributed by atoms with E-state index >= 15 is 0 Å². The lowest BCUT2D eigenvalue weighted by Crippen LogP contribution is -2.54. The molecule has 2 amide bonds. The van der Waals surface area contributed by atoms with Gasteiger partial charge in [0.15, 0.2) is 0 Å². The zero-order valence-corrected chi connectivity index (χ0v) is 12.8. The molecular formula is C16H26N2O2. The SMILES string of the molecule is CC(C)(C)C1NC(=O)CCN(C2CC3CCC2C3)C1=O. The van der Waals surface area contributed by atoms with E-state index in [0.717, 1.165) is 12.3 Å². The second-order valence-electron chi connectivity index (χ2n) is 7.89. The molecule has 3 rings (SSSR count). The second kappa shape index (κ2) is 4.74. The van der Waals surface area contributed by atoms with Crippen LogP contribution in [0.4, 0.5) is 0 Å². The molecule has 2 bridgehead atoms. The summed E-state index contributed by atoms with van der Waals surface area (Å²) in [5, 5.41) is 2.94. The number of hydrogen-bond donors (Lipinski definition) is 1. The zero-order chi connectivity index (χ0) is 14.5. The van der Waals surface area contributed by atoms with Crippen molar-refractivity contribution in [1.82, 2.24) is 10.2 Å². The van der Waals surface area contributed by atoms with Gasteiger partial charge in [-0.2, -0.15) is 0 Å². The molecule has 0 aromatic carbocycles. The first-order valence-corrected chi connectivity index (χ1v) is 7.96. The Morgan fingerprint density at radius 2 is 1.90 bits per heavy atom. The van der Waals surface area contributed by atoms with Crippen molar-refractivity contribution in [2.24, 2.45) is 17.3 Å². The zero-order valence-electron chi connectivity index (χ0n) is 12.8. The lowest BCUT2D eigenvalue weighted by atomic mass is 9.85. The first-order chi connectivity index (χ1) is 9.36. The van der Waals surface area contributed by atoms with Crippen LogP contribution in [-0.4, -0.2) is 35.3 Å². The van der Waals surface area contributed by atoms with Gasteiger partial charge in [-0.05, 0) is 36.5 Å². The summed E-state index contributed by atoms with van der Waals surface area (Å²) in [5.41, 5.74) is -0.229. The van der Waals surface area contributed by atoms with Crippen LogP contribution in [-0.2, 0) is 9.59 Å². The van der Waals surface area contributed by atoms with Gasteiger partial charge in [-0.15, -0.1) is 0 Å². The molecule has 3 fully saturated rings. The van der Waals surface area contributed by atoms with Crippen LogP contribution in [0.2, 0.25) is 0 Å². The number of carbonyl (C=O) groups is 2. The van der Waals surface area contributed by atoms with Crippen molar-refractivity contribution in [1.29, 1.82) is 0 Å². The lowest BCUT2D eigenvalue weighted by molar-refractivity contribution is -0.139. The van der Waals surface area contributed by atoms with Gasteiger partial charge in [-0.3, -0.25) is 9.59 Å². The van der Waals surface area contributed by atoms with Gasteiger partial charge in [0.1, 0.15) is 6.04 Å². The summed E-state index contributed by atoms with van der Waals surface area (Å²) in [5.74, 6) is 1.65. The third-order valence-electron chi connectivity index (χ3n) is 5.38. The molecule has 4 unspecified atom stereocenters. The number of fused-ring (bicyclic) bond motifs is 2. The van der Waals surface area contributed by atoms with E-state index in [2.05, 4.69) is 5.32 Å². The van der Waals surface area contributed by atoms with Crippen LogP contribution in [0.1, 0.15) is 52.9 Å². The summed E-state index contributed by atoms with van der Waals surface area (Å²) in [6.45, 7) is 6.69. The van der Waals surface area contributed by atoms with E-state index in [4.69, 9.17) is 0 Å². The highest BCUT2D eigenvalue weighted by molar-refractivity contribution is 5.90. The summed E-state index contributed by atoms with van der Waals surface area (Å²) < 4.78 is 0. The van der Waals surface area contributed by atoms with E-state index in [0.29, 0.717) is 24.9 Å². The van der Waals surface area contributed by atoms with Crippen molar-refractivity contribution in [2.45, 2.75) is 65.0 Å². The Balaban J connectivity index is 1.83. The molecule has 4 atom stereocenters. The van der Waals surface area contributed by atoms with Gasteiger partial charge < -0.3 is 10.2 Å². The predicted octanol–water partition coefficient (Wildman–Crippen LogP) is 1.94. The van der Waals surface area contributed by atoms with E-state index in [1.165, 1.54) is 19.3 Å². The monoisotopic (exact) mass is 278 g/mol. The molecule has 3 aliphatic rings. The Morgan fingerprint density at radius 3 is 2.45 bits per heavy atom. The number of nitrogens with one attached hydrogen (secondary N) is 1. The fourth-order valence-electron chi connectivity index (χ4n) is 4.30. The van der Waals surface area contributed by atoms with Crippen LogP contribution >= 0.6 is 0 Å². The van der Waals surface area contributed by atoms with Crippen LogP contribution in [0.3, 0.4) is 0 Å². The van der Waals surface area contributed by atoms with Gasteiger partial charge in [-0.25, -0.2) is 0 Å². The highest BCUT2D eigenvalue weighted by Crippen LogP contribution is 2.47. The number of hydrogen-bond acceptors (Lipinski definition) is 2. The molecule has 20 heavy (non-hydrogen) atoms. The number of amides is 2. The van der Waals surface area contributed by atoms with Gasteiger partial charge in [0.2, 0.25) is 11.8 Å². The molecule has 1 N–H and O–H groups in total. The molecule has 0 aromatic rings. The average Bonchev–Trinajstić information content (AvgIpc) is 2.93. The molecule has 2 saturated carbocycles. The maximum absolute atomic E-state index is 12.9. The molecule has 0 aromatic heterocycles. The summed E-state index contributed by atoms with van der Waals surface area (Å²) in [6.07, 6.45) is 5.49. The van der Waals surface area contributed by atoms with Gasteiger partial charge in [0.25, 0.3) is 0 Å². The maximum Gasteiger partial charge on any atom is 0.245 e. The molecule has 1 saturated heterocycles. The number of nitrogens with zero attached hydrogens (tertiary/aromatic N) is 1. The van der Waals surface area contributed by atoms with Crippen molar-refractivity contribution in [3.05, 3.63) is 0 Å². The topological polar surface area (TPSA) is 49.4 Å².